The topological polar surface area (TPSA) is 106 Å². The Bertz CT molecular complexity index is 699. The van der Waals surface area contributed by atoms with E-state index in [0.29, 0.717) is 19.8 Å². The van der Waals surface area contributed by atoms with Crippen molar-refractivity contribution in [1.29, 1.82) is 0 Å². The second-order valence-corrected chi connectivity index (χ2v) is 5.20. The fourth-order valence-electron chi connectivity index (χ4n) is 2.07. The normalized spacial score (nSPS) is 10.5. The maximum absolute atomic E-state index is 12.0. The number of amides is 1. The fraction of sp³-hybridized carbons (Fsp3) is 0.375. The van der Waals surface area contributed by atoms with Crippen molar-refractivity contribution >= 4 is 11.9 Å². The molecule has 0 saturated heterocycles. The van der Waals surface area contributed by atoms with Gasteiger partial charge in [0.15, 0.2) is 5.69 Å². The molecule has 2 N–H and O–H groups in total. The van der Waals surface area contributed by atoms with Crippen molar-refractivity contribution in [3.05, 3.63) is 47.3 Å². The van der Waals surface area contributed by atoms with Gasteiger partial charge < -0.3 is 15.2 Å². The van der Waals surface area contributed by atoms with Gasteiger partial charge in [0.05, 0.1) is 12.8 Å². The lowest BCUT2D eigenvalue weighted by molar-refractivity contribution is -0.122. The van der Waals surface area contributed by atoms with E-state index >= 15 is 0 Å². The van der Waals surface area contributed by atoms with Crippen LogP contribution in [0.1, 0.15) is 35.0 Å². The van der Waals surface area contributed by atoms with Gasteiger partial charge in [-0.05, 0) is 17.5 Å². The molecule has 1 aromatic heterocycles. The van der Waals surface area contributed by atoms with Crippen LogP contribution in [-0.2, 0) is 29.2 Å². The Morgan fingerprint density at radius 3 is 2.71 bits per heavy atom. The Morgan fingerprint density at radius 1 is 1.29 bits per heavy atom. The number of nitrogens with one attached hydrogen (secondary N) is 1. The molecule has 1 amide bonds. The van der Waals surface area contributed by atoms with Gasteiger partial charge >= 0.3 is 5.97 Å². The van der Waals surface area contributed by atoms with Crippen molar-refractivity contribution in [2.45, 2.75) is 33.0 Å². The van der Waals surface area contributed by atoms with E-state index < -0.39 is 5.97 Å². The number of nitrogens with zero attached hydrogens (tertiary/aromatic N) is 3. The summed E-state index contributed by atoms with van der Waals surface area (Å²) in [5, 5.41) is 18.6. The van der Waals surface area contributed by atoms with Crippen LogP contribution in [0.5, 0.6) is 0 Å². The summed E-state index contributed by atoms with van der Waals surface area (Å²) in [6.45, 7) is 3.52. The summed E-state index contributed by atoms with van der Waals surface area (Å²) < 4.78 is 6.74. The van der Waals surface area contributed by atoms with Gasteiger partial charge in [0.25, 0.3) is 0 Å². The largest absolute Gasteiger partial charge is 0.476 e. The van der Waals surface area contributed by atoms with E-state index in [4.69, 9.17) is 9.84 Å². The molecule has 0 fully saturated rings. The van der Waals surface area contributed by atoms with Crippen molar-refractivity contribution in [1.82, 2.24) is 20.3 Å². The number of carbonyl (C=O) groups is 2. The Balaban J connectivity index is 1.88. The van der Waals surface area contributed by atoms with Crippen LogP contribution in [0.3, 0.4) is 0 Å². The summed E-state index contributed by atoms with van der Waals surface area (Å²) in [5.41, 5.74) is 1.81. The molecule has 8 heteroatoms. The monoisotopic (exact) mass is 332 g/mol. The van der Waals surface area contributed by atoms with E-state index in [0.717, 1.165) is 17.5 Å². The highest BCUT2D eigenvalue weighted by molar-refractivity contribution is 5.84. The summed E-state index contributed by atoms with van der Waals surface area (Å²) in [6, 6.07) is 7.73. The van der Waals surface area contributed by atoms with E-state index in [2.05, 4.69) is 15.6 Å². The molecule has 1 aromatic carbocycles. The first-order valence-corrected chi connectivity index (χ1v) is 7.64. The number of ether oxygens (including phenoxy) is 1. The number of aromatic carboxylic acids is 1. The van der Waals surface area contributed by atoms with Gasteiger partial charge in [-0.25, -0.2) is 9.48 Å². The second kappa shape index (κ2) is 8.78. The third-order valence-electron chi connectivity index (χ3n) is 3.26. The third kappa shape index (κ3) is 5.17. The van der Waals surface area contributed by atoms with Gasteiger partial charge in [-0.2, -0.15) is 0 Å². The number of benzene rings is 1. The SMILES string of the molecule is CCCOCc1ccccc1CNC(=O)Cn1cc(C(=O)O)nn1. The lowest BCUT2D eigenvalue weighted by atomic mass is 10.1. The first kappa shape index (κ1) is 17.6. The maximum atomic E-state index is 12.0. The summed E-state index contributed by atoms with van der Waals surface area (Å²) >= 11 is 0. The van der Waals surface area contributed by atoms with Crippen LogP contribution >= 0.6 is 0 Å². The van der Waals surface area contributed by atoms with E-state index in [9.17, 15) is 9.59 Å². The molecule has 0 radical (unpaired) electrons. The lowest BCUT2D eigenvalue weighted by Gasteiger charge is -2.11. The van der Waals surface area contributed by atoms with Gasteiger partial charge in [0, 0.05) is 13.2 Å². The van der Waals surface area contributed by atoms with Crippen LogP contribution in [0.2, 0.25) is 0 Å². The smallest absolute Gasteiger partial charge is 0.358 e. The molecule has 2 aromatic rings. The fourth-order valence-corrected chi connectivity index (χ4v) is 2.07. The minimum absolute atomic E-state index is 0.0885. The van der Waals surface area contributed by atoms with E-state index in [1.54, 1.807) is 0 Å². The van der Waals surface area contributed by atoms with Crippen molar-refractivity contribution < 1.29 is 19.4 Å². The third-order valence-corrected chi connectivity index (χ3v) is 3.26. The number of rotatable bonds is 9. The van der Waals surface area contributed by atoms with Crippen LogP contribution in [-0.4, -0.2) is 38.6 Å². The van der Waals surface area contributed by atoms with Crippen LogP contribution in [0.25, 0.3) is 0 Å². The van der Waals surface area contributed by atoms with Crippen LogP contribution < -0.4 is 5.32 Å². The molecule has 0 aliphatic heterocycles. The molecule has 0 unspecified atom stereocenters. The Labute approximate surface area is 139 Å². The van der Waals surface area contributed by atoms with Gasteiger partial charge in [0.2, 0.25) is 5.91 Å². The van der Waals surface area contributed by atoms with Crippen LogP contribution in [0, 0.1) is 0 Å². The van der Waals surface area contributed by atoms with E-state index in [-0.39, 0.29) is 18.1 Å². The maximum Gasteiger partial charge on any atom is 0.358 e. The average molecular weight is 332 g/mol. The number of hydrogen-bond donors (Lipinski definition) is 2. The number of aromatic nitrogens is 3. The zero-order chi connectivity index (χ0) is 17.4. The van der Waals surface area contributed by atoms with Gasteiger partial charge in [-0.15, -0.1) is 5.10 Å². The van der Waals surface area contributed by atoms with Gasteiger partial charge in [0.1, 0.15) is 6.54 Å². The molecule has 0 aliphatic carbocycles. The predicted molar refractivity (Wildman–Crippen MR) is 85.2 cm³/mol. The Kier molecular flexibility index (Phi) is 6.44. The number of carboxylic acids is 1. The highest BCUT2D eigenvalue weighted by atomic mass is 16.5. The lowest BCUT2D eigenvalue weighted by Crippen LogP contribution is -2.27. The minimum atomic E-state index is -1.18. The molecule has 0 bridgehead atoms. The minimum Gasteiger partial charge on any atom is -0.476 e. The zero-order valence-corrected chi connectivity index (χ0v) is 13.4. The molecule has 0 aliphatic rings. The quantitative estimate of drug-likeness (QED) is 0.669. The van der Waals surface area contributed by atoms with Crippen molar-refractivity contribution in [2.24, 2.45) is 0 Å². The number of carboxylic acid groups (broad SMARTS) is 1. The molecule has 2 rings (SSSR count). The summed E-state index contributed by atoms with van der Waals surface area (Å²) in [7, 11) is 0. The first-order valence-electron chi connectivity index (χ1n) is 7.64. The van der Waals surface area contributed by atoms with Crippen molar-refractivity contribution in [2.75, 3.05) is 6.61 Å². The molecule has 8 nitrogen and oxygen atoms in total. The number of carbonyl (C=O) groups excluding carboxylic acids is 1. The molecule has 128 valence electrons. The van der Waals surface area contributed by atoms with Crippen molar-refractivity contribution in [3.8, 4) is 0 Å². The molecule has 1 heterocycles. The summed E-state index contributed by atoms with van der Waals surface area (Å²) in [6.07, 6.45) is 2.17. The molecule has 0 saturated carbocycles. The highest BCUT2D eigenvalue weighted by Crippen LogP contribution is 2.10. The van der Waals surface area contributed by atoms with E-state index in [1.807, 2.05) is 31.2 Å². The van der Waals surface area contributed by atoms with Crippen LogP contribution in [0.15, 0.2) is 30.5 Å². The average Bonchev–Trinajstić information content (AvgIpc) is 3.03. The molecule has 0 spiro atoms. The standard InChI is InChI=1S/C16H20N4O4/c1-2-7-24-11-13-6-4-3-5-12(13)8-17-15(21)10-20-9-14(16(22)23)18-19-20/h3-6,9H,2,7-8,10-11H2,1H3,(H,17,21)(H,22,23). The predicted octanol–water partition coefficient (Wildman–Crippen LogP) is 1.22. The Hall–Kier alpha value is -2.74. The molecule has 0 atom stereocenters. The highest BCUT2D eigenvalue weighted by Gasteiger charge is 2.11. The summed E-state index contributed by atoms with van der Waals surface area (Å²) in [4.78, 5) is 22.7. The second-order valence-electron chi connectivity index (χ2n) is 5.20. The van der Waals surface area contributed by atoms with Gasteiger partial charge in [-0.3, -0.25) is 4.79 Å². The van der Waals surface area contributed by atoms with Crippen LogP contribution in [0.4, 0.5) is 0 Å². The zero-order valence-electron chi connectivity index (χ0n) is 13.4. The van der Waals surface area contributed by atoms with Gasteiger partial charge in [-0.1, -0.05) is 36.4 Å². The van der Waals surface area contributed by atoms with Crippen molar-refractivity contribution in [3.63, 3.8) is 0 Å². The number of hydrogen-bond acceptors (Lipinski definition) is 5. The molecular formula is C16H20N4O4. The molecular weight excluding hydrogens is 312 g/mol. The Morgan fingerprint density at radius 2 is 2.04 bits per heavy atom. The summed E-state index contributed by atoms with van der Waals surface area (Å²) in [5.74, 6) is -1.45. The molecule has 24 heavy (non-hydrogen) atoms. The first-order chi connectivity index (χ1) is 11.6. The van der Waals surface area contributed by atoms with E-state index in [1.165, 1.54) is 10.9 Å².